The number of nitrogens with one attached hydrogen (secondary N) is 1. The molecule has 2 rings (SSSR count). The number of aryl methyl sites for hydroxylation is 1. The highest BCUT2D eigenvalue weighted by atomic mass is 35.5. The van der Waals surface area contributed by atoms with Crippen LogP contribution in [0, 0.1) is 6.92 Å². The molecule has 0 saturated carbocycles. The first kappa shape index (κ1) is 27.0. The molecular weight excluding hydrogens is 485 g/mol. The molecule has 0 aliphatic heterocycles. The molecule has 180 valence electrons. The van der Waals surface area contributed by atoms with E-state index in [1.54, 1.807) is 56.3 Å². The van der Waals surface area contributed by atoms with Gasteiger partial charge in [-0.3, -0.25) is 13.9 Å². The van der Waals surface area contributed by atoms with Crippen LogP contribution in [0.4, 0.5) is 5.69 Å². The molecule has 1 N–H and O–H groups in total. The zero-order chi connectivity index (χ0) is 24.9. The van der Waals surface area contributed by atoms with E-state index < -0.39 is 28.5 Å². The Morgan fingerprint density at radius 2 is 1.70 bits per heavy atom. The summed E-state index contributed by atoms with van der Waals surface area (Å²) in [7, 11) is -3.78. The summed E-state index contributed by atoms with van der Waals surface area (Å²) in [5, 5.41) is 3.58. The van der Waals surface area contributed by atoms with E-state index in [1.165, 1.54) is 4.90 Å². The molecule has 1 unspecified atom stereocenters. The second kappa shape index (κ2) is 11.2. The first-order valence-corrected chi connectivity index (χ1v) is 13.0. The summed E-state index contributed by atoms with van der Waals surface area (Å²) < 4.78 is 26.2. The first-order chi connectivity index (χ1) is 15.3. The summed E-state index contributed by atoms with van der Waals surface area (Å²) in [6.07, 6.45) is 1.04. The van der Waals surface area contributed by atoms with Crippen molar-refractivity contribution < 1.29 is 18.0 Å². The van der Waals surface area contributed by atoms with Crippen molar-refractivity contribution in [2.75, 3.05) is 17.1 Å². The minimum Gasteiger partial charge on any atom is -0.352 e. The van der Waals surface area contributed by atoms with E-state index in [0.29, 0.717) is 26.9 Å². The smallest absolute Gasteiger partial charge is 0.244 e. The molecule has 0 aliphatic carbocycles. The van der Waals surface area contributed by atoms with Gasteiger partial charge < -0.3 is 10.2 Å². The average Bonchev–Trinajstić information content (AvgIpc) is 2.70. The normalized spacial score (nSPS) is 12.4. The highest BCUT2D eigenvalue weighted by Crippen LogP contribution is 2.25. The van der Waals surface area contributed by atoms with E-state index >= 15 is 0 Å². The molecule has 0 aliphatic rings. The van der Waals surface area contributed by atoms with Crippen molar-refractivity contribution in [2.24, 2.45) is 0 Å². The van der Waals surface area contributed by atoms with Crippen LogP contribution >= 0.6 is 23.2 Å². The summed E-state index contributed by atoms with van der Waals surface area (Å²) in [5.74, 6) is -0.897. The predicted molar refractivity (Wildman–Crippen MR) is 133 cm³/mol. The third-order valence-electron chi connectivity index (χ3n) is 5.02. The fourth-order valence-corrected chi connectivity index (χ4v) is 4.63. The number of hydrogen-bond acceptors (Lipinski definition) is 4. The maximum absolute atomic E-state index is 13.5. The third-order valence-corrected chi connectivity index (χ3v) is 6.73. The zero-order valence-corrected chi connectivity index (χ0v) is 21.6. The van der Waals surface area contributed by atoms with Gasteiger partial charge in [0.15, 0.2) is 0 Å². The lowest BCUT2D eigenvalue weighted by Gasteiger charge is -2.32. The largest absolute Gasteiger partial charge is 0.352 e. The maximum Gasteiger partial charge on any atom is 0.244 e. The summed E-state index contributed by atoms with van der Waals surface area (Å²) >= 11 is 12.3. The van der Waals surface area contributed by atoms with Gasteiger partial charge in [0.1, 0.15) is 12.6 Å². The van der Waals surface area contributed by atoms with Gasteiger partial charge in [-0.1, -0.05) is 47.5 Å². The van der Waals surface area contributed by atoms with Crippen LogP contribution in [0.5, 0.6) is 0 Å². The number of hydrogen-bond donors (Lipinski definition) is 1. The molecule has 0 aromatic heterocycles. The van der Waals surface area contributed by atoms with Crippen molar-refractivity contribution in [3.05, 3.63) is 63.6 Å². The Morgan fingerprint density at radius 1 is 1.06 bits per heavy atom. The number of halogens is 2. The van der Waals surface area contributed by atoms with E-state index in [4.69, 9.17) is 23.2 Å². The van der Waals surface area contributed by atoms with Crippen molar-refractivity contribution in [1.82, 2.24) is 10.2 Å². The summed E-state index contributed by atoms with van der Waals surface area (Å²) in [6.45, 7) is 6.54. The fourth-order valence-electron chi connectivity index (χ4n) is 3.26. The molecule has 2 amide bonds. The second-order valence-electron chi connectivity index (χ2n) is 8.15. The lowest BCUT2D eigenvalue weighted by molar-refractivity contribution is -0.139. The number of benzene rings is 2. The maximum atomic E-state index is 13.5. The Labute approximate surface area is 205 Å². The van der Waals surface area contributed by atoms with Crippen LogP contribution in [0.25, 0.3) is 0 Å². The van der Waals surface area contributed by atoms with Crippen LogP contribution in [0.3, 0.4) is 0 Å². The standard InChI is InChI=1S/C23H29Cl2N3O4S/c1-15(2)26-23(30)17(4)27(13-18-10-11-19(24)12-20(18)25)22(29)14-28(33(5,31)32)21-9-7-6-8-16(21)3/h6-12,15,17H,13-14H2,1-5H3,(H,26,30). The molecule has 0 heterocycles. The summed E-state index contributed by atoms with van der Waals surface area (Å²) in [4.78, 5) is 27.5. The lowest BCUT2D eigenvalue weighted by Crippen LogP contribution is -2.52. The minimum absolute atomic E-state index is 0.00684. The second-order valence-corrected chi connectivity index (χ2v) is 10.9. The van der Waals surface area contributed by atoms with Crippen LogP contribution in [-0.4, -0.2) is 50.0 Å². The van der Waals surface area contributed by atoms with E-state index in [-0.39, 0.29) is 18.5 Å². The molecule has 0 spiro atoms. The summed E-state index contributed by atoms with van der Waals surface area (Å²) in [6, 6.07) is 10.8. The molecule has 7 nitrogen and oxygen atoms in total. The SMILES string of the molecule is Cc1ccccc1N(CC(=O)N(Cc1ccc(Cl)cc1Cl)C(C)C(=O)NC(C)C)S(C)(=O)=O. The van der Waals surface area contributed by atoms with Gasteiger partial charge in [-0.15, -0.1) is 0 Å². The molecule has 2 aromatic rings. The van der Waals surface area contributed by atoms with E-state index in [9.17, 15) is 18.0 Å². The number of carbonyl (C=O) groups excluding carboxylic acids is 2. The number of rotatable bonds is 9. The van der Waals surface area contributed by atoms with Gasteiger partial charge in [-0.05, 0) is 57.0 Å². The van der Waals surface area contributed by atoms with Crippen LogP contribution in [-0.2, 0) is 26.2 Å². The van der Waals surface area contributed by atoms with E-state index in [0.717, 1.165) is 10.6 Å². The number of sulfonamides is 1. The topological polar surface area (TPSA) is 86.8 Å². The zero-order valence-electron chi connectivity index (χ0n) is 19.3. The van der Waals surface area contributed by atoms with E-state index in [2.05, 4.69) is 5.32 Å². The number of para-hydroxylation sites is 1. The highest BCUT2D eigenvalue weighted by molar-refractivity contribution is 7.92. The lowest BCUT2D eigenvalue weighted by atomic mass is 10.1. The van der Waals surface area contributed by atoms with Gasteiger partial charge in [0.05, 0.1) is 11.9 Å². The van der Waals surface area contributed by atoms with Crippen molar-refractivity contribution in [2.45, 2.75) is 46.3 Å². The van der Waals surface area contributed by atoms with Crippen molar-refractivity contribution in [1.29, 1.82) is 0 Å². The van der Waals surface area contributed by atoms with Crippen LogP contribution in [0.1, 0.15) is 31.9 Å². The van der Waals surface area contributed by atoms with Gasteiger partial charge in [0.25, 0.3) is 0 Å². The van der Waals surface area contributed by atoms with Crippen molar-refractivity contribution in [3.8, 4) is 0 Å². The Balaban J connectivity index is 2.44. The number of nitrogens with zero attached hydrogens (tertiary/aromatic N) is 2. The first-order valence-electron chi connectivity index (χ1n) is 10.4. The third kappa shape index (κ3) is 7.35. The number of carbonyl (C=O) groups is 2. The molecule has 0 bridgehead atoms. The van der Waals surface area contributed by atoms with Crippen molar-refractivity contribution in [3.63, 3.8) is 0 Å². The fraction of sp³-hybridized carbons (Fsp3) is 0.391. The van der Waals surface area contributed by atoms with Gasteiger partial charge in [0, 0.05) is 22.6 Å². The van der Waals surface area contributed by atoms with Gasteiger partial charge in [-0.25, -0.2) is 8.42 Å². The summed E-state index contributed by atoms with van der Waals surface area (Å²) in [5.41, 5.74) is 1.69. The predicted octanol–water partition coefficient (Wildman–Crippen LogP) is 4.01. The van der Waals surface area contributed by atoms with Crippen LogP contribution in [0.15, 0.2) is 42.5 Å². The van der Waals surface area contributed by atoms with Gasteiger partial charge in [-0.2, -0.15) is 0 Å². The average molecular weight is 514 g/mol. The highest BCUT2D eigenvalue weighted by Gasteiger charge is 2.31. The molecule has 2 aromatic carbocycles. The van der Waals surface area contributed by atoms with Crippen LogP contribution < -0.4 is 9.62 Å². The van der Waals surface area contributed by atoms with Gasteiger partial charge in [0.2, 0.25) is 21.8 Å². The number of amides is 2. The quantitative estimate of drug-likeness (QED) is 0.548. The monoisotopic (exact) mass is 513 g/mol. The molecule has 1 atom stereocenters. The molecule has 33 heavy (non-hydrogen) atoms. The molecule has 0 radical (unpaired) electrons. The molecular formula is C23H29Cl2N3O4S. The van der Waals surface area contributed by atoms with E-state index in [1.807, 2.05) is 13.8 Å². The van der Waals surface area contributed by atoms with Crippen LogP contribution in [0.2, 0.25) is 10.0 Å². The van der Waals surface area contributed by atoms with Crippen molar-refractivity contribution >= 4 is 50.7 Å². The number of anilines is 1. The molecule has 0 saturated heterocycles. The minimum atomic E-state index is -3.78. The Morgan fingerprint density at radius 3 is 2.24 bits per heavy atom. The molecule has 0 fully saturated rings. The Kier molecular flexibility index (Phi) is 9.17. The Bertz CT molecular complexity index is 1120. The molecule has 10 heteroatoms. The van der Waals surface area contributed by atoms with Gasteiger partial charge >= 0.3 is 0 Å². The Hall–Kier alpha value is -2.29.